The fourth-order valence-corrected chi connectivity index (χ4v) is 6.34. The van der Waals surface area contributed by atoms with Crippen LogP contribution in [0.5, 0.6) is 0 Å². The number of sulfone groups is 1. The number of fused-ring (bicyclic) bond motifs is 1. The van der Waals surface area contributed by atoms with Gasteiger partial charge in [0.05, 0.1) is 22.0 Å². The molecule has 134 valence electrons. The summed E-state index contributed by atoms with van der Waals surface area (Å²) in [6.07, 6.45) is 0.765. The molecule has 0 N–H and O–H groups in total. The van der Waals surface area contributed by atoms with Gasteiger partial charge in [-0.05, 0) is 30.7 Å². The third kappa shape index (κ3) is 3.65. The summed E-state index contributed by atoms with van der Waals surface area (Å²) in [6, 6.07) is 8.13. The van der Waals surface area contributed by atoms with Crippen LogP contribution in [0, 0.1) is 0 Å². The number of nitrogens with zero attached hydrogens (tertiary/aromatic N) is 3. The highest BCUT2D eigenvalue weighted by Crippen LogP contribution is 2.29. The lowest BCUT2D eigenvalue weighted by Crippen LogP contribution is -2.51. The first kappa shape index (κ1) is 17.5. The topological polar surface area (TPSA) is 53.5 Å². The van der Waals surface area contributed by atoms with Crippen LogP contribution in [-0.4, -0.2) is 62.0 Å². The van der Waals surface area contributed by atoms with Crippen molar-refractivity contribution < 1.29 is 8.42 Å². The maximum Gasteiger partial charge on any atom is 0.151 e. The normalized spacial score (nSPS) is 24.1. The molecule has 0 saturated carbocycles. The summed E-state index contributed by atoms with van der Waals surface area (Å²) in [5.74, 6) is 1.57. The molecule has 2 aliphatic rings. The van der Waals surface area contributed by atoms with Gasteiger partial charge in [0.2, 0.25) is 0 Å². The van der Waals surface area contributed by atoms with Gasteiger partial charge in [0.25, 0.3) is 0 Å². The second kappa shape index (κ2) is 6.68. The quantitative estimate of drug-likeness (QED) is 0.713. The van der Waals surface area contributed by atoms with E-state index in [0.29, 0.717) is 16.5 Å². The van der Waals surface area contributed by atoms with Crippen LogP contribution in [0.15, 0.2) is 28.7 Å². The van der Waals surface area contributed by atoms with Gasteiger partial charge in [-0.3, -0.25) is 4.90 Å². The molecule has 2 saturated heterocycles. The summed E-state index contributed by atoms with van der Waals surface area (Å²) in [7, 11) is -2.83. The number of hydrogen-bond acceptors (Lipinski definition) is 5. The van der Waals surface area contributed by atoms with Crippen molar-refractivity contribution in [3.05, 3.63) is 33.8 Å². The van der Waals surface area contributed by atoms with Gasteiger partial charge in [0, 0.05) is 42.1 Å². The van der Waals surface area contributed by atoms with Crippen LogP contribution < -0.4 is 4.90 Å². The smallest absolute Gasteiger partial charge is 0.151 e. The first-order chi connectivity index (χ1) is 11.9. The number of rotatable bonds is 2. The van der Waals surface area contributed by atoms with Crippen LogP contribution in [0.4, 0.5) is 5.82 Å². The van der Waals surface area contributed by atoms with Gasteiger partial charge in [0.1, 0.15) is 5.82 Å². The SMILES string of the molecule is O=S1(=O)CCC(N2CCN(c3ccc4cc(Br)cc(Cl)c4n3)CC2)C1. The average Bonchev–Trinajstić information content (AvgIpc) is 2.95. The lowest BCUT2D eigenvalue weighted by atomic mass is 10.2. The highest BCUT2D eigenvalue weighted by Gasteiger charge is 2.33. The molecule has 0 bridgehead atoms. The van der Waals surface area contributed by atoms with E-state index in [2.05, 4.69) is 25.7 Å². The molecule has 25 heavy (non-hydrogen) atoms. The van der Waals surface area contributed by atoms with Crippen LogP contribution in [0.2, 0.25) is 5.02 Å². The van der Waals surface area contributed by atoms with Crippen LogP contribution in [-0.2, 0) is 9.84 Å². The maximum absolute atomic E-state index is 11.7. The van der Waals surface area contributed by atoms with Crippen molar-refractivity contribution in [2.75, 3.05) is 42.6 Å². The van der Waals surface area contributed by atoms with Crippen molar-refractivity contribution in [3.8, 4) is 0 Å². The molecule has 0 aliphatic carbocycles. The van der Waals surface area contributed by atoms with E-state index in [4.69, 9.17) is 16.6 Å². The molecule has 8 heteroatoms. The number of piperazine rings is 1. The third-order valence-electron chi connectivity index (χ3n) is 5.06. The lowest BCUT2D eigenvalue weighted by Gasteiger charge is -2.38. The Morgan fingerprint density at radius 3 is 2.60 bits per heavy atom. The number of aromatic nitrogens is 1. The third-order valence-corrected chi connectivity index (χ3v) is 7.56. The summed E-state index contributed by atoms with van der Waals surface area (Å²) in [6.45, 7) is 3.44. The minimum Gasteiger partial charge on any atom is -0.354 e. The van der Waals surface area contributed by atoms with Crippen molar-refractivity contribution >= 4 is 54.1 Å². The van der Waals surface area contributed by atoms with E-state index in [0.717, 1.165) is 53.8 Å². The molecule has 1 atom stereocenters. The monoisotopic (exact) mass is 443 g/mol. The van der Waals surface area contributed by atoms with Crippen molar-refractivity contribution in [1.29, 1.82) is 0 Å². The van der Waals surface area contributed by atoms with Crippen molar-refractivity contribution in [3.63, 3.8) is 0 Å². The van der Waals surface area contributed by atoms with Gasteiger partial charge >= 0.3 is 0 Å². The molecule has 1 aromatic carbocycles. The fourth-order valence-electron chi connectivity index (χ4n) is 3.70. The highest BCUT2D eigenvalue weighted by atomic mass is 79.9. The van der Waals surface area contributed by atoms with Crippen LogP contribution in [0.1, 0.15) is 6.42 Å². The van der Waals surface area contributed by atoms with Crippen LogP contribution in [0.3, 0.4) is 0 Å². The summed E-state index contributed by atoms with van der Waals surface area (Å²) >= 11 is 9.79. The Balaban J connectivity index is 1.48. The zero-order valence-corrected chi connectivity index (χ0v) is 16.8. The summed E-state index contributed by atoms with van der Waals surface area (Å²) in [5.41, 5.74) is 0.812. The largest absolute Gasteiger partial charge is 0.354 e. The van der Waals surface area contributed by atoms with Crippen molar-refractivity contribution in [1.82, 2.24) is 9.88 Å². The van der Waals surface area contributed by atoms with E-state index in [-0.39, 0.29) is 6.04 Å². The molecule has 2 fully saturated rings. The van der Waals surface area contributed by atoms with Crippen molar-refractivity contribution in [2.24, 2.45) is 0 Å². The number of hydrogen-bond donors (Lipinski definition) is 0. The van der Waals surface area contributed by atoms with Gasteiger partial charge in [0.15, 0.2) is 9.84 Å². The van der Waals surface area contributed by atoms with E-state index in [1.807, 2.05) is 24.3 Å². The Kier molecular flexibility index (Phi) is 4.68. The molecule has 2 aromatic rings. The molecular formula is C17H19BrClN3O2S. The van der Waals surface area contributed by atoms with Crippen molar-refractivity contribution in [2.45, 2.75) is 12.5 Å². The summed E-state index contributed by atoms with van der Waals surface area (Å²) in [5, 5.41) is 1.65. The molecule has 0 amide bonds. The molecule has 3 heterocycles. The molecule has 1 aromatic heterocycles. The van der Waals surface area contributed by atoms with E-state index >= 15 is 0 Å². The number of benzene rings is 1. The maximum atomic E-state index is 11.7. The molecule has 2 aliphatic heterocycles. The molecular weight excluding hydrogens is 426 g/mol. The standard InChI is InChI=1S/C17H19BrClN3O2S/c18-13-9-12-1-2-16(20-17(12)15(19)10-13)22-6-4-21(5-7-22)14-3-8-25(23,24)11-14/h1-2,9-10,14H,3-8,11H2. The molecule has 4 rings (SSSR count). The lowest BCUT2D eigenvalue weighted by molar-refractivity contribution is 0.200. The van der Waals surface area contributed by atoms with E-state index in [1.54, 1.807) is 0 Å². The van der Waals surface area contributed by atoms with E-state index in [1.165, 1.54) is 0 Å². The van der Waals surface area contributed by atoms with Gasteiger partial charge in [-0.25, -0.2) is 13.4 Å². The average molecular weight is 445 g/mol. The Labute approximate surface area is 161 Å². The Bertz CT molecular complexity index is 913. The zero-order chi connectivity index (χ0) is 17.6. The molecule has 0 spiro atoms. The second-order valence-electron chi connectivity index (χ2n) is 6.71. The Morgan fingerprint density at radius 2 is 1.92 bits per heavy atom. The Morgan fingerprint density at radius 1 is 1.16 bits per heavy atom. The van der Waals surface area contributed by atoms with Gasteiger partial charge in [-0.15, -0.1) is 0 Å². The van der Waals surface area contributed by atoms with E-state index < -0.39 is 9.84 Å². The van der Waals surface area contributed by atoms with E-state index in [9.17, 15) is 8.42 Å². The van der Waals surface area contributed by atoms with Gasteiger partial charge in [-0.2, -0.15) is 0 Å². The second-order valence-corrected chi connectivity index (χ2v) is 10.3. The molecule has 0 radical (unpaired) electrons. The first-order valence-corrected chi connectivity index (χ1v) is 11.4. The predicted octanol–water partition coefficient (Wildman–Crippen LogP) is 2.96. The molecule has 5 nitrogen and oxygen atoms in total. The summed E-state index contributed by atoms with van der Waals surface area (Å²) in [4.78, 5) is 9.30. The highest BCUT2D eigenvalue weighted by molar-refractivity contribution is 9.10. The van der Waals surface area contributed by atoms with Gasteiger partial charge < -0.3 is 4.90 Å². The Hall–Kier alpha value is -0.890. The number of anilines is 1. The number of pyridine rings is 1. The first-order valence-electron chi connectivity index (χ1n) is 8.36. The number of halogens is 2. The predicted molar refractivity (Wildman–Crippen MR) is 105 cm³/mol. The minimum absolute atomic E-state index is 0.184. The fraction of sp³-hybridized carbons (Fsp3) is 0.471. The molecule has 1 unspecified atom stereocenters. The summed E-state index contributed by atoms with van der Waals surface area (Å²) < 4.78 is 24.3. The van der Waals surface area contributed by atoms with Gasteiger partial charge in [-0.1, -0.05) is 27.5 Å². The minimum atomic E-state index is -2.83. The van der Waals surface area contributed by atoms with Crippen LogP contribution in [0.25, 0.3) is 10.9 Å². The van der Waals surface area contributed by atoms with Crippen LogP contribution >= 0.6 is 27.5 Å². The zero-order valence-electron chi connectivity index (χ0n) is 13.7.